The standard InChI is InChI=1S/C14H15N3O2/c1-3-19-14(18)11-4-6-12(7-5-11)17-13-8-10(2)15-9-16-13/h4-9H,3H2,1-2H3,(H,15,16,17). The van der Waals surface area contributed by atoms with Gasteiger partial charge >= 0.3 is 5.97 Å². The summed E-state index contributed by atoms with van der Waals surface area (Å²) in [6.45, 7) is 4.06. The molecule has 0 bridgehead atoms. The quantitative estimate of drug-likeness (QED) is 0.853. The summed E-state index contributed by atoms with van der Waals surface area (Å²) in [5, 5.41) is 3.14. The molecule has 1 heterocycles. The number of aryl methyl sites for hydroxylation is 1. The van der Waals surface area contributed by atoms with Crippen LogP contribution in [-0.2, 0) is 4.74 Å². The van der Waals surface area contributed by atoms with Gasteiger partial charge in [-0.2, -0.15) is 0 Å². The summed E-state index contributed by atoms with van der Waals surface area (Å²) in [5.74, 6) is 0.406. The van der Waals surface area contributed by atoms with Crippen molar-refractivity contribution in [3.63, 3.8) is 0 Å². The maximum absolute atomic E-state index is 11.5. The monoisotopic (exact) mass is 257 g/mol. The number of carbonyl (C=O) groups is 1. The Kier molecular flexibility index (Phi) is 4.07. The lowest BCUT2D eigenvalue weighted by Gasteiger charge is -2.06. The van der Waals surface area contributed by atoms with Crippen molar-refractivity contribution in [2.24, 2.45) is 0 Å². The molecule has 0 saturated heterocycles. The minimum absolute atomic E-state index is 0.313. The highest BCUT2D eigenvalue weighted by molar-refractivity contribution is 5.89. The third kappa shape index (κ3) is 3.51. The molecule has 0 saturated carbocycles. The number of esters is 1. The molecule has 5 heteroatoms. The highest BCUT2D eigenvalue weighted by Gasteiger charge is 2.05. The van der Waals surface area contributed by atoms with E-state index in [1.165, 1.54) is 6.33 Å². The van der Waals surface area contributed by atoms with Crippen LogP contribution < -0.4 is 5.32 Å². The summed E-state index contributed by atoms with van der Waals surface area (Å²) in [6.07, 6.45) is 1.50. The molecule has 2 aromatic rings. The third-order valence-electron chi connectivity index (χ3n) is 2.47. The predicted molar refractivity (Wildman–Crippen MR) is 72.5 cm³/mol. The number of nitrogens with zero attached hydrogens (tertiary/aromatic N) is 2. The third-order valence-corrected chi connectivity index (χ3v) is 2.47. The van der Waals surface area contributed by atoms with E-state index in [1.54, 1.807) is 19.1 Å². The van der Waals surface area contributed by atoms with E-state index in [0.29, 0.717) is 12.2 Å². The van der Waals surface area contributed by atoms with Crippen molar-refractivity contribution in [1.29, 1.82) is 0 Å². The van der Waals surface area contributed by atoms with Crippen molar-refractivity contribution in [1.82, 2.24) is 9.97 Å². The van der Waals surface area contributed by atoms with Crippen molar-refractivity contribution in [2.75, 3.05) is 11.9 Å². The first-order valence-corrected chi connectivity index (χ1v) is 6.02. The van der Waals surface area contributed by atoms with Crippen molar-refractivity contribution in [3.05, 3.63) is 47.9 Å². The zero-order valence-electron chi connectivity index (χ0n) is 10.9. The van der Waals surface area contributed by atoms with Gasteiger partial charge in [0.05, 0.1) is 12.2 Å². The number of carbonyl (C=O) groups excluding carboxylic acids is 1. The first-order chi connectivity index (χ1) is 9.19. The number of rotatable bonds is 4. The van der Waals surface area contributed by atoms with E-state index in [9.17, 15) is 4.79 Å². The van der Waals surface area contributed by atoms with Gasteiger partial charge in [-0.1, -0.05) is 0 Å². The molecule has 0 unspecified atom stereocenters. The molecule has 2 rings (SSSR count). The van der Waals surface area contributed by atoms with Gasteiger partial charge in [0.1, 0.15) is 12.1 Å². The first kappa shape index (κ1) is 13.0. The second kappa shape index (κ2) is 5.95. The lowest BCUT2D eigenvalue weighted by Crippen LogP contribution is -2.04. The Morgan fingerprint density at radius 3 is 2.63 bits per heavy atom. The average molecular weight is 257 g/mol. The topological polar surface area (TPSA) is 64.1 Å². The minimum Gasteiger partial charge on any atom is -0.462 e. The number of nitrogens with one attached hydrogen (secondary N) is 1. The average Bonchev–Trinajstić information content (AvgIpc) is 2.40. The molecule has 98 valence electrons. The van der Waals surface area contributed by atoms with Crippen LogP contribution in [0.2, 0.25) is 0 Å². The second-order valence-corrected chi connectivity index (χ2v) is 3.97. The molecular formula is C14H15N3O2. The van der Waals surface area contributed by atoms with Gasteiger partial charge in [-0.15, -0.1) is 0 Å². The van der Waals surface area contributed by atoms with Crippen molar-refractivity contribution in [2.45, 2.75) is 13.8 Å². The maximum atomic E-state index is 11.5. The van der Waals surface area contributed by atoms with Crippen LogP contribution in [0, 0.1) is 6.92 Å². The molecule has 0 aliphatic rings. The number of ether oxygens (including phenoxy) is 1. The van der Waals surface area contributed by atoms with Crippen molar-refractivity contribution < 1.29 is 9.53 Å². The van der Waals surface area contributed by atoms with E-state index in [2.05, 4.69) is 15.3 Å². The number of hydrogen-bond donors (Lipinski definition) is 1. The molecule has 0 radical (unpaired) electrons. The van der Waals surface area contributed by atoms with Crippen LogP contribution in [0.4, 0.5) is 11.5 Å². The Labute approximate surface area is 111 Å². The van der Waals surface area contributed by atoms with Gasteiger partial charge in [-0.25, -0.2) is 14.8 Å². The zero-order chi connectivity index (χ0) is 13.7. The largest absolute Gasteiger partial charge is 0.462 e. The molecule has 5 nitrogen and oxygen atoms in total. The van der Waals surface area contributed by atoms with Crippen LogP contribution in [0.5, 0.6) is 0 Å². The molecule has 1 aromatic heterocycles. The lowest BCUT2D eigenvalue weighted by molar-refractivity contribution is 0.0526. The summed E-state index contributed by atoms with van der Waals surface area (Å²) in [6, 6.07) is 8.90. The fraction of sp³-hybridized carbons (Fsp3) is 0.214. The molecule has 0 amide bonds. The Bertz CT molecular complexity index is 567. The molecule has 0 spiro atoms. The molecule has 0 atom stereocenters. The summed E-state index contributed by atoms with van der Waals surface area (Å²) in [4.78, 5) is 19.6. The van der Waals surface area contributed by atoms with Gasteiger partial charge in [-0.3, -0.25) is 0 Å². The Hall–Kier alpha value is -2.43. The number of aromatic nitrogens is 2. The van der Waals surface area contributed by atoms with Crippen LogP contribution in [0.1, 0.15) is 23.0 Å². The maximum Gasteiger partial charge on any atom is 0.338 e. The Morgan fingerprint density at radius 1 is 1.26 bits per heavy atom. The van der Waals surface area contributed by atoms with E-state index >= 15 is 0 Å². The number of anilines is 2. The normalized spacial score (nSPS) is 10.0. The molecule has 1 aromatic carbocycles. The van der Waals surface area contributed by atoms with Crippen LogP contribution in [0.25, 0.3) is 0 Å². The first-order valence-electron chi connectivity index (χ1n) is 6.02. The van der Waals surface area contributed by atoms with Crippen molar-refractivity contribution in [3.8, 4) is 0 Å². The van der Waals surface area contributed by atoms with E-state index in [0.717, 1.165) is 17.2 Å². The van der Waals surface area contributed by atoms with E-state index in [1.807, 2.05) is 25.1 Å². The smallest absolute Gasteiger partial charge is 0.338 e. The summed E-state index contributed by atoms with van der Waals surface area (Å²) >= 11 is 0. The summed E-state index contributed by atoms with van der Waals surface area (Å²) in [5.41, 5.74) is 2.28. The SMILES string of the molecule is CCOC(=O)c1ccc(Nc2cc(C)ncn2)cc1. The zero-order valence-corrected chi connectivity index (χ0v) is 10.9. The van der Waals surface area contributed by atoms with Gasteiger partial charge in [0.2, 0.25) is 0 Å². The predicted octanol–water partition coefficient (Wildman–Crippen LogP) is 2.71. The number of hydrogen-bond acceptors (Lipinski definition) is 5. The molecule has 0 aliphatic carbocycles. The van der Waals surface area contributed by atoms with Gasteiger partial charge in [0.15, 0.2) is 0 Å². The molecule has 0 fully saturated rings. The fourth-order valence-electron chi connectivity index (χ4n) is 1.57. The summed E-state index contributed by atoms with van der Waals surface area (Å²) in [7, 11) is 0. The van der Waals surface area contributed by atoms with Crippen LogP contribution in [-0.4, -0.2) is 22.5 Å². The van der Waals surface area contributed by atoms with Crippen molar-refractivity contribution >= 4 is 17.5 Å². The van der Waals surface area contributed by atoms with E-state index < -0.39 is 0 Å². The van der Waals surface area contributed by atoms with Crippen LogP contribution >= 0.6 is 0 Å². The Morgan fingerprint density at radius 2 is 2.00 bits per heavy atom. The second-order valence-electron chi connectivity index (χ2n) is 3.97. The summed E-state index contributed by atoms with van der Waals surface area (Å²) < 4.78 is 4.92. The lowest BCUT2D eigenvalue weighted by atomic mass is 10.2. The highest BCUT2D eigenvalue weighted by Crippen LogP contribution is 2.15. The van der Waals surface area contributed by atoms with Gasteiger partial charge in [0.25, 0.3) is 0 Å². The molecule has 0 aliphatic heterocycles. The van der Waals surface area contributed by atoms with Crippen LogP contribution in [0.3, 0.4) is 0 Å². The van der Waals surface area contributed by atoms with E-state index in [-0.39, 0.29) is 5.97 Å². The van der Waals surface area contributed by atoms with Gasteiger partial charge in [-0.05, 0) is 38.1 Å². The van der Waals surface area contributed by atoms with Gasteiger partial charge in [0, 0.05) is 17.4 Å². The van der Waals surface area contributed by atoms with E-state index in [4.69, 9.17) is 4.74 Å². The molecular weight excluding hydrogens is 242 g/mol. The molecule has 1 N–H and O–H groups in total. The minimum atomic E-state index is -0.313. The molecule has 19 heavy (non-hydrogen) atoms. The van der Waals surface area contributed by atoms with Crippen LogP contribution in [0.15, 0.2) is 36.7 Å². The Balaban J connectivity index is 2.08. The number of benzene rings is 1. The van der Waals surface area contributed by atoms with Gasteiger partial charge < -0.3 is 10.1 Å². The fourth-order valence-corrected chi connectivity index (χ4v) is 1.57. The highest BCUT2D eigenvalue weighted by atomic mass is 16.5.